The molecule has 2 atom stereocenters. The summed E-state index contributed by atoms with van der Waals surface area (Å²) in [5, 5.41) is 9.69. The Labute approximate surface area is 122 Å². The van der Waals surface area contributed by atoms with Crippen LogP contribution in [0.3, 0.4) is 0 Å². The minimum Gasteiger partial charge on any atom is -0.493 e. The normalized spacial score (nSPS) is 21.3. The SMILES string of the molecule is CCOc1cccc(N)c1C(=O)N1CC(O)CC1C(N)=O. The molecule has 5 N–H and O–H groups in total. The van der Waals surface area contributed by atoms with Crippen molar-refractivity contribution in [1.82, 2.24) is 4.90 Å². The monoisotopic (exact) mass is 293 g/mol. The van der Waals surface area contributed by atoms with E-state index in [0.29, 0.717) is 12.4 Å². The van der Waals surface area contributed by atoms with Crippen LogP contribution in [-0.4, -0.2) is 47.1 Å². The minimum atomic E-state index is -0.832. The molecule has 1 heterocycles. The molecule has 2 rings (SSSR count). The van der Waals surface area contributed by atoms with Gasteiger partial charge in [-0.3, -0.25) is 9.59 Å². The molecule has 1 aromatic rings. The number of anilines is 1. The second-order valence-corrected chi connectivity index (χ2v) is 4.92. The molecule has 1 aromatic carbocycles. The zero-order valence-electron chi connectivity index (χ0n) is 11.8. The predicted octanol–water partition coefficient (Wildman–Crippen LogP) is -0.272. The van der Waals surface area contributed by atoms with Crippen molar-refractivity contribution >= 4 is 17.5 Å². The number of β-amino-alcohol motifs (C(OH)–C–C–N with tert-alkyl or cyclic N) is 1. The summed E-state index contributed by atoms with van der Waals surface area (Å²) in [5.41, 5.74) is 11.6. The molecule has 1 fully saturated rings. The van der Waals surface area contributed by atoms with Crippen molar-refractivity contribution in [2.24, 2.45) is 5.73 Å². The fourth-order valence-electron chi connectivity index (χ4n) is 2.50. The highest BCUT2D eigenvalue weighted by Gasteiger charge is 2.39. The number of nitrogens with zero attached hydrogens (tertiary/aromatic N) is 1. The second-order valence-electron chi connectivity index (χ2n) is 4.92. The fraction of sp³-hybridized carbons (Fsp3) is 0.429. The van der Waals surface area contributed by atoms with Crippen molar-refractivity contribution in [1.29, 1.82) is 0 Å². The van der Waals surface area contributed by atoms with Crippen LogP contribution in [0.4, 0.5) is 5.69 Å². The van der Waals surface area contributed by atoms with Crippen LogP contribution >= 0.6 is 0 Å². The summed E-state index contributed by atoms with van der Waals surface area (Å²) in [6.07, 6.45) is -0.635. The van der Waals surface area contributed by atoms with Crippen molar-refractivity contribution in [3.05, 3.63) is 23.8 Å². The molecule has 0 radical (unpaired) electrons. The maximum Gasteiger partial charge on any atom is 0.260 e. The molecule has 2 unspecified atom stereocenters. The van der Waals surface area contributed by atoms with Crippen LogP contribution in [0.1, 0.15) is 23.7 Å². The molecular formula is C14H19N3O4. The molecule has 7 nitrogen and oxygen atoms in total. The maximum atomic E-state index is 12.7. The molecule has 0 bridgehead atoms. The lowest BCUT2D eigenvalue weighted by atomic mass is 10.1. The van der Waals surface area contributed by atoms with Gasteiger partial charge in [-0.05, 0) is 19.1 Å². The molecule has 21 heavy (non-hydrogen) atoms. The number of primary amides is 1. The number of hydrogen-bond donors (Lipinski definition) is 3. The van der Waals surface area contributed by atoms with Gasteiger partial charge in [0, 0.05) is 18.7 Å². The number of benzene rings is 1. The van der Waals surface area contributed by atoms with Gasteiger partial charge in [0.2, 0.25) is 5.91 Å². The molecule has 0 aromatic heterocycles. The molecule has 0 spiro atoms. The zero-order valence-corrected chi connectivity index (χ0v) is 11.8. The number of carbonyl (C=O) groups is 2. The largest absolute Gasteiger partial charge is 0.493 e. The average Bonchev–Trinajstić information content (AvgIpc) is 2.81. The Morgan fingerprint density at radius 3 is 2.81 bits per heavy atom. The highest BCUT2D eigenvalue weighted by Crippen LogP contribution is 2.29. The molecule has 1 saturated heterocycles. The molecule has 0 saturated carbocycles. The summed E-state index contributed by atoms with van der Waals surface area (Å²) in [7, 11) is 0. The molecule has 0 aliphatic carbocycles. The van der Waals surface area contributed by atoms with Crippen molar-refractivity contribution in [3.8, 4) is 5.75 Å². The molecule has 1 aliphatic heterocycles. The Kier molecular flexibility index (Phi) is 4.32. The van der Waals surface area contributed by atoms with Crippen molar-refractivity contribution < 1.29 is 19.4 Å². The number of rotatable bonds is 4. The van der Waals surface area contributed by atoms with Crippen LogP contribution < -0.4 is 16.2 Å². The van der Waals surface area contributed by atoms with Gasteiger partial charge in [0.25, 0.3) is 5.91 Å². The molecule has 114 valence electrons. The van der Waals surface area contributed by atoms with Gasteiger partial charge in [-0.2, -0.15) is 0 Å². The zero-order chi connectivity index (χ0) is 15.6. The summed E-state index contributed by atoms with van der Waals surface area (Å²) in [4.78, 5) is 25.4. The van der Waals surface area contributed by atoms with E-state index in [1.165, 1.54) is 4.90 Å². The number of carbonyl (C=O) groups excluding carboxylic acids is 2. The lowest BCUT2D eigenvalue weighted by Gasteiger charge is -2.23. The molecule has 1 aliphatic rings. The van der Waals surface area contributed by atoms with Crippen molar-refractivity contribution in [2.75, 3.05) is 18.9 Å². The quantitative estimate of drug-likeness (QED) is 0.660. The second kappa shape index (κ2) is 6.01. The molecular weight excluding hydrogens is 274 g/mol. The van der Waals surface area contributed by atoms with Crippen LogP contribution in [0.15, 0.2) is 18.2 Å². The smallest absolute Gasteiger partial charge is 0.260 e. The van der Waals surface area contributed by atoms with Crippen LogP contribution in [-0.2, 0) is 4.79 Å². The van der Waals surface area contributed by atoms with Crippen LogP contribution in [0, 0.1) is 0 Å². The van der Waals surface area contributed by atoms with E-state index in [-0.39, 0.29) is 24.2 Å². The number of nitrogen functional groups attached to an aromatic ring is 1. The lowest BCUT2D eigenvalue weighted by Crippen LogP contribution is -2.44. The number of aliphatic hydroxyl groups is 1. The van der Waals surface area contributed by atoms with Gasteiger partial charge >= 0.3 is 0 Å². The first kappa shape index (κ1) is 15.1. The van der Waals surface area contributed by atoms with E-state index in [1.54, 1.807) is 25.1 Å². The summed E-state index contributed by atoms with van der Waals surface area (Å²) < 4.78 is 5.41. The van der Waals surface area contributed by atoms with Gasteiger partial charge < -0.3 is 26.2 Å². The number of ether oxygens (including phenoxy) is 1. The Morgan fingerprint density at radius 2 is 2.19 bits per heavy atom. The van der Waals surface area contributed by atoms with E-state index in [2.05, 4.69) is 0 Å². The standard InChI is InChI=1S/C14H19N3O4/c1-2-21-11-5-3-4-9(15)12(11)14(20)17-7-8(18)6-10(17)13(16)19/h3-5,8,10,18H,2,6-7,15H2,1H3,(H2,16,19). The van der Waals surface area contributed by atoms with Crippen molar-refractivity contribution in [2.45, 2.75) is 25.5 Å². The average molecular weight is 293 g/mol. The highest BCUT2D eigenvalue weighted by molar-refractivity contribution is 6.04. The Hall–Kier alpha value is -2.28. The topological polar surface area (TPSA) is 119 Å². The van der Waals surface area contributed by atoms with E-state index < -0.39 is 24.0 Å². The van der Waals surface area contributed by atoms with Gasteiger partial charge in [-0.1, -0.05) is 6.07 Å². The third-order valence-corrected chi connectivity index (χ3v) is 3.44. The van der Waals surface area contributed by atoms with E-state index in [0.717, 1.165) is 0 Å². The Bertz CT molecular complexity index is 561. The minimum absolute atomic E-state index is 0.0480. The van der Waals surface area contributed by atoms with Crippen LogP contribution in [0.25, 0.3) is 0 Å². The van der Waals surface area contributed by atoms with Gasteiger partial charge in [-0.15, -0.1) is 0 Å². The number of likely N-dealkylation sites (tertiary alicyclic amines) is 1. The fourth-order valence-corrected chi connectivity index (χ4v) is 2.50. The van der Waals surface area contributed by atoms with E-state index >= 15 is 0 Å². The van der Waals surface area contributed by atoms with Crippen LogP contribution in [0.5, 0.6) is 5.75 Å². The summed E-state index contributed by atoms with van der Waals surface area (Å²) >= 11 is 0. The summed E-state index contributed by atoms with van der Waals surface area (Å²) in [6, 6.07) is 4.07. The first-order valence-corrected chi connectivity index (χ1v) is 6.75. The Balaban J connectivity index is 2.37. The highest BCUT2D eigenvalue weighted by atomic mass is 16.5. The molecule has 2 amide bonds. The third-order valence-electron chi connectivity index (χ3n) is 3.44. The van der Waals surface area contributed by atoms with Gasteiger partial charge in [0.15, 0.2) is 0 Å². The maximum absolute atomic E-state index is 12.7. The van der Waals surface area contributed by atoms with Gasteiger partial charge in [0.05, 0.1) is 12.7 Å². The van der Waals surface area contributed by atoms with E-state index in [4.69, 9.17) is 16.2 Å². The van der Waals surface area contributed by atoms with E-state index in [9.17, 15) is 14.7 Å². The summed E-state index contributed by atoms with van der Waals surface area (Å²) in [6.45, 7) is 2.22. The number of nitrogens with two attached hydrogens (primary N) is 2. The lowest BCUT2D eigenvalue weighted by molar-refractivity contribution is -0.121. The summed E-state index contributed by atoms with van der Waals surface area (Å²) in [5.74, 6) is -0.753. The number of aliphatic hydroxyl groups excluding tert-OH is 1. The Morgan fingerprint density at radius 1 is 1.48 bits per heavy atom. The van der Waals surface area contributed by atoms with Crippen LogP contribution in [0.2, 0.25) is 0 Å². The molecule has 7 heteroatoms. The predicted molar refractivity (Wildman–Crippen MR) is 76.7 cm³/mol. The van der Waals surface area contributed by atoms with Crippen molar-refractivity contribution in [3.63, 3.8) is 0 Å². The first-order valence-electron chi connectivity index (χ1n) is 6.75. The van der Waals surface area contributed by atoms with Gasteiger partial charge in [-0.25, -0.2) is 0 Å². The number of amides is 2. The first-order chi connectivity index (χ1) is 9.95. The number of hydrogen-bond acceptors (Lipinski definition) is 5. The third kappa shape index (κ3) is 2.92. The van der Waals surface area contributed by atoms with E-state index in [1.807, 2.05) is 0 Å². The van der Waals surface area contributed by atoms with Gasteiger partial charge in [0.1, 0.15) is 17.4 Å².